The van der Waals surface area contributed by atoms with Crippen LogP contribution < -0.4 is 4.74 Å². The second-order valence-electron chi connectivity index (χ2n) is 4.13. The molecule has 0 saturated heterocycles. The summed E-state index contributed by atoms with van der Waals surface area (Å²) in [7, 11) is 3.51. The Kier molecular flexibility index (Phi) is 6.65. The number of hydrogen-bond donors (Lipinski definition) is 0. The second-order valence-corrected chi connectivity index (χ2v) is 5.18. The van der Waals surface area contributed by atoms with Crippen molar-refractivity contribution in [3.05, 3.63) is 24.3 Å². The van der Waals surface area contributed by atoms with Crippen molar-refractivity contribution in [1.29, 1.82) is 0 Å². The van der Waals surface area contributed by atoms with Gasteiger partial charge in [0.05, 0.1) is 12.9 Å². The number of nitrogens with zero attached hydrogens (tertiary/aromatic N) is 1. The number of benzene rings is 1. The molecule has 1 rings (SSSR count). The van der Waals surface area contributed by atoms with Gasteiger partial charge in [0.2, 0.25) is 5.91 Å². The van der Waals surface area contributed by atoms with Gasteiger partial charge in [-0.15, -0.1) is 11.8 Å². The molecular formula is C14H21NO2S. The Morgan fingerprint density at radius 1 is 1.33 bits per heavy atom. The monoisotopic (exact) mass is 267 g/mol. The Balaban J connectivity index is 2.37. The number of amides is 1. The number of hydrogen-bond acceptors (Lipinski definition) is 3. The molecule has 0 unspecified atom stereocenters. The third kappa shape index (κ3) is 5.00. The lowest BCUT2D eigenvalue weighted by atomic mass is 10.3. The predicted molar refractivity (Wildman–Crippen MR) is 76.3 cm³/mol. The maximum atomic E-state index is 11.8. The molecule has 4 heteroatoms. The summed E-state index contributed by atoms with van der Waals surface area (Å²) in [5, 5.41) is 0. The molecule has 0 bridgehead atoms. The quantitative estimate of drug-likeness (QED) is 0.711. The number of carbonyl (C=O) groups is 1. The van der Waals surface area contributed by atoms with Crippen LogP contribution >= 0.6 is 11.8 Å². The highest BCUT2D eigenvalue weighted by Gasteiger charge is 2.08. The molecule has 0 spiro atoms. The van der Waals surface area contributed by atoms with E-state index in [1.807, 2.05) is 31.3 Å². The minimum atomic E-state index is 0.185. The van der Waals surface area contributed by atoms with E-state index < -0.39 is 0 Å². The molecule has 0 aliphatic carbocycles. The fraction of sp³-hybridized carbons (Fsp3) is 0.500. The van der Waals surface area contributed by atoms with E-state index in [0.29, 0.717) is 5.75 Å². The Morgan fingerprint density at radius 2 is 2.00 bits per heavy atom. The minimum Gasteiger partial charge on any atom is -0.497 e. The summed E-state index contributed by atoms with van der Waals surface area (Å²) in [4.78, 5) is 14.7. The van der Waals surface area contributed by atoms with Crippen LogP contribution in [0.25, 0.3) is 0 Å². The van der Waals surface area contributed by atoms with Gasteiger partial charge in [0, 0.05) is 18.5 Å². The number of methoxy groups -OCH3 is 1. The van der Waals surface area contributed by atoms with Gasteiger partial charge >= 0.3 is 0 Å². The first-order valence-corrected chi connectivity index (χ1v) is 7.16. The average Bonchev–Trinajstić information content (AvgIpc) is 2.42. The summed E-state index contributed by atoms with van der Waals surface area (Å²) in [6, 6.07) is 7.77. The number of rotatable bonds is 7. The number of unbranched alkanes of at least 4 members (excludes halogenated alkanes) is 1. The molecule has 0 aliphatic rings. The standard InChI is InChI=1S/C14H21NO2S/c1-4-5-10-15(2)14(16)11-18-13-8-6-12(17-3)7-9-13/h6-9H,4-5,10-11H2,1-3H3. The number of ether oxygens (including phenoxy) is 1. The Hall–Kier alpha value is -1.16. The lowest BCUT2D eigenvalue weighted by Gasteiger charge is -2.16. The smallest absolute Gasteiger partial charge is 0.232 e. The zero-order chi connectivity index (χ0) is 13.4. The van der Waals surface area contributed by atoms with Crippen molar-refractivity contribution in [3.63, 3.8) is 0 Å². The second kappa shape index (κ2) is 8.03. The van der Waals surface area contributed by atoms with Crippen LogP contribution in [0.4, 0.5) is 0 Å². The topological polar surface area (TPSA) is 29.5 Å². The van der Waals surface area contributed by atoms with E-state index >= 15 is 0 Å². The van der Waals surface area contributed by atoms with Gasteiger partial charge in [0.15, 0.2) is 0 Å². The fourth-order valence-corrected chi connectivity index (χ4v) is 2.29. The van der Waals surface area contributed by atoms with Crippen LogP contribution in [0.2, 0.25) is 0 Å². The van der Waals surface area contributed by atoms with Crippen LogP contribution in [0.1, 0.15) is 19.8 Å². The highest BCUT2D eigenvalue weighted by Crippen LogP contribution is 2.21. The van der Waals surface area contributed by atoms with E-state index in [-0.39, 0.29) is 5.91 Å². The van der Waals surface area contributed by atoms with Crippen LogP contribution in [-0.4, -0.2) is 37.3 Å². The summed E-state index contributed by atoms with van der Waals surface area (Å²) in [5.41, 5.74) is 0. The zero-order valence-corrected chi connectivity index (χ0v) is 12.1. The van der Waals surface area contributed by atoms with E-state index in [2.05, 4.69) is 6.92 Å². The molecule has 3 nitrogen and oxygen atoms in total. The van der Waals surface area contributed by atoms with Crippen LogP contribution in [0.5, 0.6) is 5.75 Å². The average molecular weight is 267 g/mol. The minimum absolute atomic E-state index is 0.185. The summed E-state index contributed by atoms with van der Waals surface area (Å²) in [5.74, 6) is 1.52. The van der Waals surface area contributed by atoms with Crippen LogP contribution in [0.15, 0.2) is 29.2 Å². The lowest BCUT2D eigenvalue weighted by molar-refractivity contribution is -0.127. The molecule has 0 aliphatic heterocycles. The molecule has 0 saturated carbocycles. The Labute approximate surface area is 114 Å². The van der Waals surface area contributed by atoms with Gasteiger partial charge in [-0.25, -0.2) is 0 Å². The first-order chi connectivity index (χ1) is 8.67. The van der Waals surface area contributed by atoms with Gasteiger partial charge in [0.25, 0.3) is 0 Å². The van der Waals surface area contributed by atoms with E-state index in [1.54, 1.807) is 23.8 Å². The maximum absolute atomic E-state index is 11.8. The third-order valence-corrected chi connectivity index (χ3v) is 3.69. The Bertz CT molecular complexity index is 365. The van der Waals surface area contributed by atoms with Crippen LogP contribution in [0.3, 0.4) is 0 Å². The molecule has 0 N–H and O–H groups in total. The van der Waals surface area contributed by atoms with Crippen molar-refractivity contribution in [1.82, 2.24) is 4.90 Å². The molecule has 0 heterocycles. The first kappa shape index (κ1) is 14.9. The molecule has 1 amide bonds. The lowest BCUT2D eigenvalue weighted by Crippen LogP contribution is -2.29. The maximum Gasteiger partial charge on any atom is 0.232 e. The van der Waals surface area contributed by atoms with Gasteiger partial charge in [-0.3, -0.25) is 4.79 Å². The van der Waals surface area contributed by atoms with E-state index in [0.717, 1.165) is 30.0 Å². The Morgan fingerprint density at radius 3 is 2.56 bits per heavy atom. The van der Waals surface area contributed by atoms with Crippen molar-refractivity contribution >= 4 is 17.7 Å². The molecular weight excluding hydrogens is 246 g/mol. The molecule has 0 aromatic heterocycles. The van der Waals surface area contributed by atoms with Gasteiger partial charge in [-0.1, -0.05) is 13.3 Å². The van der Waals surface area contributed by atoms with Gasteiger partial charge in [-0.2, -0.15) is 0 Å². The summed E-state index contributed by atoms with van der Waals surface area (Å²) >= 11 is 1.56. The number of thioether (sulfide) groups is 1. The summed E-state index contributed by atoms with van der Waals surface area (Å²) in [6.45, 7) is 2.98. The van der Waals surface area contributed by atoms with Crippen LogP contribution in [-0.2, 0) is 4.79 Å². The van der Waals surface area contributed by atoms with Gasteiger partial charge in [-0.05, 0) is 30.7 Å². The largest absolute Gasteiger partial charge is 0.497 e. The van der Waals surface area contributed by atoms with Gasteiger partial charge < -0.3 is 9.64 Å². The van der Waals surface area contributed by atoms with Gasteiger partial charge in [0.1, 0.15) is 5.75 Å². The summed E-state index contributed by atoms with van der Waals surface area (Å²) in [6.07, 6.45) is 2.18. The fourth-order valence-electron chi connectivity index (χ4n) is 1.45. The normalized spacial score (nSPS) is 10.2. The zero-order valence-electron chi connectivity index (χ0n) is 11.3. The van der Waals surface area contributed by atoms with E-state index in [4.69, 9.17) is 4.74 Å². The summed E-state index contributed by atoms with van der Waals surface area (Å²) < 4.78 is 5.09. The molecule has 18 heavy (non-hydrogen) atoms. The molecule has 1 aromatic carbocycles. The highest BCUT2D eigenvalue weighted by molar-refractivity contribution is 8.00. The van der Waals surface area contributed by atoms with Crippen LogP contribution in [0, 0.1) is 0 Å². The van der Waals surface area contributed by atoms with E-state index in [9.17, 15) is 4.79 Å². The highest BCUT2D eigenvalue weighted by atomic mass is 32.2. The van der Waals surface area contributed by atoms with Crippen molar-refractivity contribution in [2.24, 2.45) is 0 Å². The first-order valence-electron chi connectivity index (χ1n) is 6.18. The molecule has 0 radical (unpaired) electrons. The number of carbonyl (C=O) groups excluding carboxylic acids is 1. The molecule has 0 atom stereocenters. The van der Waals surface area contributed by atoms with Crippen molar-refractivity contribution in [2.75, 3.05) is 26.5 Å². The SMILES string of the molecule is CCCCN(C)C(=O)CSc1ccc(OC)cc1. The predicted octanol–water partition coefficient (Wildman–Crippen LogP) is 3.05. The van der Waals surface area contributed by atoms with Crippen molar-refractivity contribution in [2.45, 2.75) is 24.7 Å². The molecule has 0 fully saturated rings. The third-order valence-electron chi connectivity index (χ3n) is 2.69. The van der Waals surface area contributed by atoms with E-state index in [1.165, 1.54) is 0 Å². The van der Waals surface area contributed by atoms with Crippen molar-refractivity contribution < 1.29 is 9.53 Å². The van der Waals surface area contributed by atoms with Crippen molar-refractivity contribution in [3.8, 4) is 5.75 Å². The molecule has 1 aromatic rings. The molecule has 100 valence electrons.